The van der Waals surface area contributed by atoms with E-state index in [2.05, 4.69) is 0 Å². The van der Waals surface area contributed by atoms with Crippen LogP contribution in [0.2, 0.25) is 0 Å². The fourth-order valence-corrected chi connectivity index (χ4v) is 3.39. The van der Waals surface area contributed by atoms with Crippen molar-refractivity contribution in [1.29, 1.82) is 0 Å². The van der Waals surface area contributed by atoms with Gasteiger partial charge in [-0.15, -0.1) is 0 Å². The maximum Gasteiger partial charge on any atom is 0.311 e. The molecule has 2 aliphatic rings. The molecule has 0 saturated heterocycles. The third kappa shape index (κ3) is 2.08. The molecule has 0 radical (unpaired) electrons. The maximum atomic E-state index is 11.9. The Kier molecular flexibility index (Phi) is 2.96. The molecule has 22 heavy (non-hydrogen) atoms. The van der Waals surface area contributed by atoms with Crippen molar-refractivity contribution >= 4 is 11.9 Å². The van der Waals surface area contributed by atoms with Crippen molar-refractivity contribution in [3.05, 3.63) is 59.7 Å². The molecular weight excluding hydrogens is 280 g/mol. The minimum atomic E-state index is -0.250. The average molecular weight is 294 g/mol. The molecule has 0 bridgehead atoms. The molecule has 0 saturated carbocycles. The van der Waals surface area contributed by atoms with E-state index in [1.54, 1.807) is 12.1 Å². The summed E-state index contributed by atoms with van der Waals surface area (Å²) in [5, 5.41) is 0. The predicted molar refractivity (Wildman–Crippen MR) is 78.9 cm³/mol. The van der Waals surface area contributed by atoms with Gasteiger partial charge in [-0.05, 0) is 23.3 Å². The van der Waals surface area contributed by atoms with E-state index in [-0.39, 0.29) is 36.6 Å². The molecule has 2 aromatic carbocycles. The lowest BCUT2D eigenvalue weighted by Crippen LogP contribution is -2.29. The van der Waals surface area contributed by atoms with Gasteiger partial charge in [-0.25, -0.2) is 0 Å². The molecule has 0 amide bonds. The van der Waals surface area contributed by atoms with Crippen molar-refractivity contribution in [3.8, 4) is 11.5 Å². The average Bonchev–Trinajstić information content (AvgIpc) is 2.53. The number of para-hydroxylation sites is 2. The number of ether oxygens (including phenoxy) is 2. The summed E-state index contributed by atoms with van der Waals surface area (Å²) in [4.78, 5) is 23.9. The Balaban J connectivity index is 1.82. The molecule has 2 atom stereocenters. The van der Waals surface area contributed by atoms with Crippen LogP contribution in [0, 0.1) is 0 Å². The van der Waals surface area contributed by atoms with Gasteiger partial charge in [0.15, 0.2) is 0 Å². The van der Waals surface area contributed by atoms with Gasteiger partial charge in [-0.3, -0.25) is 9.59 Å². The first kappa shape index (κ1) is 13.1. The molecule has 0 N–H and O–H groups in total. The second kappa shape index (κ2) is 4.98. The lowest BCUT2D eigenvalue weighted by molar-refractivity contribution is -0.139. The zero-order valence-corrected chi connectivity index (χ0v) is 11.8. The van der Waals surface area contributed by atoms with Gasteiger partial charge < -0.3 is 9.47 Å². The SMILES string of the molecule is O=C1C[C@H]([C@H]2CC(=O)Oc3ccccc32)c2ccccc2O1. The molecule has 2 aliphatic heterocycles. The highest BCUT2D eigenvalue weighted by molar-refractivity contribution is 5.80. The highest BCUT2D eigenvalue weighted by atomic mass is 16.5. The first-order chi connectivity index (χ1) is 10.7. The van der Waals surface area contributed by atoms with Crippen molar-refractivity contribution in [1.82, 2.24) is 0 Å². The summed E-state index contributed by atoms with van der Waals surface area (Å²) < 4.78 is 10.6. The fraction of sp³-hybridized carbons (Fsp3) is 0.222. The molecule has 4 rings (SSSR count). The Morgan fingerprint density at radius 2 is 1.09 bits per heavy atom. The number of carbonyl (C=O) groups is 2. The molecule has 0 spiro atoms. The first-order valence-electron chi connectivity index (χ1n) is 7.31. The number of rotatable bonds is 1. The molecular formula is C18H14O4. The summed E-state index contributed by atoms with van der Waals surface area (Å²) in [5.74, 6) is 0.568. The molecule has 110 valence electrons. The van der Waals surface area contributed by atoms with Crippen LogP contribution < -0.4 is 9.47 Å². The van der Waals surface area contributed by atoms with Crippen molar-refractivity contribution in [3.63, 3.8) is 0 Å². The highest BCUT2D eigenvalue weighted by Gasteiger charge is 2.38. The van der Waals surface area contributed by atoms with Gasteiger partial charge in [0.2, 0.25) is 0 Å². The van der Waals surface area contributed by atoms with E-state index in [1.807, 2.05) is 36.4 Å². The van der Waals surface area contributed by atoms with E-state index in [4.69, 9.17) is 9.47 Å². The van der Waals surface area contributed by atoms with Crippen LogP contribution in [-0.2, 0) is 9.59 Å². The quantitative estimate of drug-likeness (QED) is 0.599. The van der Waals surface area contributed by atoms with Gasteiger partial charge in [-0.1, -0.05) is 36.4 Å². The van der Waals surface area contributed by atoms with Crippen molar-refractivity contribution in [2.24, 2.45) is 0 Å². The Morgan fingerprint density at radius 3 is 1.55 bits per heavy atom. The number of hydrogen-bond donors (Lipinski definition) is 0. The summed E-state index contributed by atoms with van der Waals surface area (Å²) in [7, 11) is 0. The molecule has 0 fully saturated rings. The van der Waals surface area contributed by atoms with E-state index in [9.17, 15) is 9.59 Å². The van der Waals surface area contributed by atoms with Crippen LogP contribution in [0.5, 0.6) is 11.5 Å². The van der Waals surface area contributed by atoms with Crippen molar-refractivity contribution in [2.45, 2.75) is 24.7 Å². The molecule has 0 aliphatic carbocycles. The molecule has 2 aromatic rings. The lowest BCUT2D eigenvalue weighted by atomic mass is 9.75. The van der Waals surface area contributed by atoms with Gasteiger partial charge in [0, 0.05) is 11.8 Å². The van der Waals surface area contributed by atoms with Crippen LogP contribution in [0.4, 0.5) is 0 Å². The molecule has 0 aromatic heterocycles. The Bertz CT molecular complexity index is 700. The summed E-state index contributed by atoms with van der Waals surface area (Å²) in [5.41, 5.74) is 1.97. The zero-order chi connectivity index (χ0) is 15.1. The van der Waals surface area contributed by atoms with E-state index >= 15 is 0 Å². The second-order valence-electron chi connectivity index (χ2n) is 5.65. The number of benzene rings is 2. The van der Waals surface area contributed by atoms with E-state index in [1.165, 1.54) is 0 Å². The largest absolute Gasteiger partial charge is 0.426 e. The van der Waals surface area contributed by atoms with Gasteiger partial charge in [0.25, 0.3) is 0 Å². The minimum Gasteiger partial charge on any atom is -0.426 e. The lowest BCUT2D eigenvalue weighted by Gasteiger charge is -2.34. The number of esters is 2. The van der Waals surface area contributed by atoms with Gasteiger partial charge in [-0.2, -0.15) is 0 Å². The van der Waals surface area contributed by atoms with E-state index in [0.717, 1.165) is 11.1 Å². The monoisotopic (exact) mass is 294 g/mol. The standard InChI is InChI=1S/C18H14O4/c19-17-9-13(11-5-1-3-7-15(11)21-17)14-10-18(20)22-16-8-4-2-6-12(14)16/h1-8,13-14H,9-10H2/t13-,14-/m0/s1. The third-order valence-corrected chi connectivity index (χ3v) is 4.34. The van der Waals surface area contributed by atoms with Crippen LogP contribution in [0.15, 0.2) is 48.5 Å². The highest BCUT2D eigenvalue weighted by Crippen LogP contribution is 2.48. The smallest absolute Gasteiger partial charge is 0.311 e. The van der Waals surface area contributed by atoms with E-state index in [0.29, 0.717) is 11.5 Å². The Hall–Kier alpha value is -2.62. The van der Waals surface area contributed by atoms with E-state index < -0.39 is 0 Å². The topological polar surface area (TPSA) is 52.6 Å². The number of fused-ring (bicyclic) bond motifs is 2. The van der Waals surface area contributed by atoms with Crippen LogP contribution >= 0.6 is 0 Å². The van der Waals surface area contributed by atoms with Crippen molar-refractivity contribution in [2.75, 3.05) is 0 Å². The Morgan fingerprint density at radius 1 is 0.682 bits per heavy atom. The summed E-state index contributed by atoms with van der Waals surface area (Å²) in [6.07, 6.45) is 0.562. The fourth-order valence-electron chi connectivity index (χ4n) is 3.39. The van der Waals surface area contributed by atoms with Crippen LogP contribution in [0.3, 0.4) is 0 Å². The van der Waals surface area contributed by atoms with Crippen LogP contribution in [-0.4, -0.2) is 11.9 Å². The number of hydrogen-bond acceptors (Lipinski definition) is 4. The van der Waals surface area contributed by atoms with Gasteiger partial charge >= 0.3 is 11.9 Å². The van der Waals surface area contributed by atoms with Gasteiger partial charge in [0.1, 0.15) is 11.5 Å². The van der Waals surface area contributed by atoms with Crippen molar-refractivity contribution < 1.29 is 19.1 Å². The summed E-state index contributed by atoms with van der Waals surface area (Å²) in [6.45, 7) is 0. The zero-order valence-electron chi connectivity index (χ0n) is 11.8. The first-order valence-corrected chi connectivity index (χ1v) is 7.31. The van der Waals surface area contributed by atoms with Gasteiger partial charge in [0.05, 0.1) is 12.8 Å². The van der Waals surface area contributed by atoms with Crippen LogP contribution in [0.25, 0.3) is 0 Å². The maximum absolute atomic E-state index is 11.9. The number of carbonyl (C=O) groups excluding carboxylic acids is 2. The molecule has 2 heterocycles. The molecule has 0 unspecified atom stereocenters. The normalized spacial score (nSPS) is 23.1. The Labute approximate surface area is 127 Å². The summed E-state index contributed by atoms with van der Waals surface area (Å²) >= 11 is 0. The molecule has 4 heteroatoms. The molecule has 4 nitrogen and oxygen atoms in total. The van der Waals surface area contributed by atoms with Crippen LogP contribution in [0.1, 0.15) is 35.8 Å². The summed E-state index contributed by atoms with van der Waals surface area (Å²) in [6, 6.07) is 15.1. The third-order valence-electron chi connectivity index (χ3n) is 4.34. The predicted octanol–water partition coefficient (Wildman–Crippen LogP) is 3.17. The second-order valence-corrected chi connectivity index (χ2v) is 5.65. The minimum absolute atomic E-state index is 0.0635.